The van der Waals surface area contributed by atoms with E-state index in [1.54, 1.807) is 0 Å². The van der Waals surface area contributed by atoms with Crippen molar-refractivity contribution in [1.29, 1.82) is 0 Å². The Morgan fingerprint density at radius 3 is 1.61 bits per heavy atom. The first kappa shape index (κ1) is 32.4. The van der Waals surface area contributed by atoms with Crippen molar-refractivity contribution >= 4 is 54.1 Å². The first-order valence-electron chi connectivity index (χ1n) is 19.6. The Hall–Kier alpha value is -7.03. The average molecular weight is 715 g/mol. The number of hydrogen-bond donors (Lipinski definition) is 0. The van der Waals surface area contributed by atoms with Crippen LogP contribution in [0, 0.1) is 5.92 Å². The molecular weight excluding hydrogens is 677 g/mol. The van der Waals surface area contributed by atoms with Crippen LogP contribution in [0.5, 0.6) is 0 Å². The zero-order chi connectivity index (χ0) is 37.2. The number of nitrogens with zero attached hydrogens (tertiary/aromatic N) is 2. The van der Waals surface area contributed by atoms with Crippen LogP contribution in [0.15, 0.2) is 200 Å². The van der Waals surface area contributed by atoms with Crippen molar-refractivity contribution in [2.75, 3.05) is 0 Å². The minimum atomic E-state index is 0.197. The zero-order valence-corrected chi connectivity index (χ0v) is 31.1. The molecule has 56 heavy (non-hydrogen) atoms. The van der Waals surface area contributed by atoms with Crippen molar-refractivity contribution in [3.63, 3.8) is 0 Å². The zero-order valence-electron chi connectivity index (χ0n) is 31.1. The van der Waals surface area contributed by atoms with Crippen LogP contribution in [0.2, 0.25) is 0 Å². The lowest BCUT2D eigenvalue weighted by atomic mass is 9.84. The van der Waals surface area contributed by atoms with Gasteiger partial charge >= 0.3 is 0 Å². The molecule has 264 valence electrons. The maximum Gasteiger partial charge on any atom is 0.141 e. The monoisotopic (exact) mass is 714 g/mol. The van der Waals surface area contributed by atoms with Crippen molar-refractivity contribution < 1.29 is 0 Å². The predicted molar refractivity (Wildman–Crippen MR) is 238 cm³/mol. The molecule has 10 aromatic rings. The summed E-state index contributed by atoms with van der Waals surface area (Å²) in [4.78, 5) is 5.19. The highest BCUT2D eigenvalue weighted by molar-refractivity contribution is 6.22. The fourth-order valence-electron chi connectivity index (χ4n) is 9.06. The first-order chi connectivity index (χ1) is 27.7. The van der Waals surface area contributed by atoms with Gasteiger partial charge in [-0.2, -0.15) is 0 Å². The van der Waals surface area contributed by atoms with Crippen LogP contribution in [-0.4, -0.2) is 9.55 Å². The molecule has 2 unspecified atom stereocenters. The van der Waals surface area contributed by atoms with Gasteiger partial charge in [-0.3, -0.25) is 0 Å². The third-order valence-corrected chi connectivity index (χ3v) is 11.8. The number of rotatable bonds is 5. The van der Waals surface area contributed by atoms with E-state index in [2.05, 4.69) is 212 Å². The van der Waals surface area contributed by atoms with Crippen molar-refractivity contribution in [3.05, 3.63) is 200 Å². The number of allylic oxidation sites excluding steroid dienone is 4. The molecule has 1 aromatic heterocycles. The van der Waals surface area contributed by atoms with E-state index in [0.717, 1.165) is 22.4 Å². The minimum absolute atomic E-state index is 0.197. The summed E-state index contributed by atoms with van der Waals surface area (Å²) in [6, 6.07) is 64.9. The van der Waals surface area contributed by atoms with Gasteiger partial charge in [0.15, 0.2) is 0 Å². The van der Waals surface area contributed by atoms with E-state index in [4.69, 9.17) is 4.98 Å². The molecule has 2 heteroatoms. The molecule has 0 bridgehead atoms. The number of fused-ring (bicyclic) bond motifs is 5. The lowest BCUT2D eigenvalue weighted by Crippen LogP contribution is -2.16. The van der Waals surface area contributed by atoms with Crippen LogP contribution in [0.3, 0.4) is 0 Å². The second-order valence-corrected chi connectivity index (χ2v) is 15.2. The topological polar surface area (TPSA) is 17.8 Å². The largest absolute Gasteiger partial charge is 0.316 e. The maximum atomic E-state index is 5.19. The van der Waals surface area contributed by atoms with Crippen LogP contribution in [0.1, 0.15) is 13.0 Å². The predicted octanol–water partition coefficient (Wildman–Crippen LogP) is 14.6. The molecule has 0 radical (unpaired) electrons. The Bertz CT molecular complexity index is 3210. The van der Waals surface area contributed by atoms with Gasteiger partial charge in [0.05, 0.1) is 17.1 Å². The van der Waals surface area contributed by atoms with Gasteiger partial charge in [0.2, 0.25) is 0 Å². The van der Waals surface area contributed by atoms with Gasteiger partial charge in [-0.1, -0.05) is 177 Å². The number of hydrogen-bond acceptors (Lipinski definition) is 1. The van der Waals surface area contributed by atoms with Crippen molar-refractivity contribution in [2.24, 2.45) is 5.92 Å². The number of benzene rings is 9. The van der Waals surface area contributed by atoms with Gasteiger partial charge in [-0.25, -0.2) is 4.98 Å². The van der Waals surface area contributed by atoms with Crippen LogP contribution in [0.25, 0.3) is 98.9 Å². The van der Waals surface area contributed by atoms with Crippen LogP contribution < -0.4 is 0 Å². The van der Waals surface area contributed by atoms with E-state index < -0.39 is 0 Å². The summed E-state index contributed by atoms with van der Waals surface area (Å²) in [5, 5.41) is 10.0. The Balaban J connectivity index is 1.11. The molecule has 0 saturated carbocycles. The molecule has 0 amide bonds. The van der Waals surface area contributed by atoms with Gasteiger partial charge in [0.25, 0.3) is 0 Å². The Morgan fingerprint density at radius 2 is 0.929 bits per heavy atom. The molecule has 0 N–H and O–H groups in total. The molecule has 1 aliphatic carbocycles. The van der Waals surface area contributed by atoms with Gasteiger partial charge in [-0.15, -0.1) is 0 Å². The standard InChI is InChI=1S/C54H38N2/c1-35-12-2-10-20-50(35)56-51-21-11-9-19-49(51)55-54(56)39-26-22-38(23-27-39)42-30-31-47-48(34-42)53(44-29-25-37-14-4-6-16-41(37)33-44)46-18-8-7-17-45(46)52(47)43-28-24-36-13-3-5-15-40(36)32-43/h2-35,50H,1H3. The number of aromatic nitrogens is 2. The molecule has 2 atom stereocenters. The highest BCUT2D eigenvalue weighted by atomic mass is 15.1. The molecule has 11 rings (SSSR count). The summed E-state index contributed by atoms with van der Waals surface area (Å²) in [6.45, 7) is 2.28. The summed E-state index contributed by atoms with van der Waals surface area (Å²) in [5.74, 6) is 1.36. The molecule has 1 aliphatic rings. The quantitative estimate of drug-likeness (QED) is 0.162. The van der Waals surface area contributed by atoms with E-state index in [1.807, 2.05) is 0 Å². The van der Waals surface area contributed by atoms with Crippen molar-refractivity contribution in [3.8, 4) is 44.8 Å². The third kappa shape index (κ3) is 5.29. The molecule has 9 aromatic carbocycles. The van der Waals surface area contributed by atoms with Crippen molar-refractivity contribution in [1.82, 2.24) is 9.55 Å². The van der Waals surface area contributed by atoms with Crippen LogP contribution in [0.4, 0.5) is 0 Å². The second kappa shape index (κ2) is 13.1. The first-order valence-corrected chi connectivity index (χ1v) is 19.6. The Kier molecular flexibility index (Phi) is 7.57. The Labute approximate surface area is 326 Å². The smallest absolute Gasteiger partial charge is 0.141 e. The molecule has 2 nitrogen and oxygen atoms in total. The minimum Gasteiger partial charge on any atom is -0.316 e. The van der Waals surface area contributed by atoms with Gasteiger partial charge in [0, 0.05) is 5.56 Å². The lowest BCUT2D eigenvalue weighted by Gasteiger charge is -2.25. The molecule has 1 heterocycles. The number of para-hydroxylation sites is 2. The average Bonchev–Trinajstić information content (AvgIpc) is 3.64. The number of imidazole rings is 1. The van der Waals surface area contributed by atoms with Gasteiger partial charge in [-0.05, 0) is 113 Å². The summed E-state index contributed by atoms with van der Waals surface area (Å²) in [7, 11) is 0. The summed E-state index contributed by atoms with van der Waals surface area (Å²) >= 11 is 0. The van der Waals surface area contributed by atoms with E-state index in [1.165, 1.54) is 76.5 Å². The molecule has 0 aliphatic heterocycles. The molecule has 0 saturated heterocycles. The SMILES string of the molecule is CC1C=CC=CC1n1c(-c2ccc(-c3ccc4c(-c5ccc6ccccc6c5)c5ccccc5c(-c5ccc6ccccc6c5)c4c3)cc2)nc2ccccc21. The highest BCUT2D eigenvalue weighted by Crippen LogP contribution is 2.46. The summed E-state index contributed by atoms with van der Waals surface area (Å²) < 4.78 is 2.42. The van der Waals surface area contributed by atoms with Crippen LogP contribution >= 0.6 is 0 Å². The van der Waals surface area contributed by atoms with Crippen molar-refractivity contribution in [2.45, 2.75) is 13.0 Å². The lowest BCUT2D eigenvalue weighted by molar-refractivity contribution is 0.500. The Morgan fingerprint density at radius 1 is 0.411 bits per heavy atom. The van der Waals surface area contributed by atoms with E-state index in [-0.39, 0.29) is 6.04 Å². The van der Waals surface area contributed by atoms with Gasteiger partial charge in [0.1, 0.15) is 5.82 Å². The molecular formula is C54H38N2. The molecule has 0 spiro atoms. The summed E-state index contributed by atoms with van der Waals surface area (Å²) in [6.07, 6.45) is 8.89. The maximum absolute atomic E-state index is 5.19. The fourth-order valence-corrected chi connectivity index (χ4v) is 9.06. The van der Waals surface area contributed by atoms with E-state index >= 15 is 0 Å². The van der Waals surface area contributed by atoms with Crippen LogP contribution in [-0.2, 0) is 0 Å². The normalized spacial score (nSPS) is 15.4. The highest BCUT2D eigenvalue weighted by Gasteiger charge is 2.23. The second-order valence-electron chi connectivity index (χ2n) is 15.2. The fraction of sp³-hybridized carbons (Fsp3) is 0.0556. The van der Waals surface area contributed by atoms with Gasteiger partial charge < -0.3 is 4.57 Å². The molecule has 0 fully saturated rings. The third-order valence-electron chi connectivity index (χ3n) is 11.8. The summed E-state index contributed by atoms with van der Waals surface area (Å²) in [5.41, 5.74) is 10.7. The van der Waals surface area contributed by atoms with E-state index in [9.17, 15) is 0 Å². The van der Waals surface area contributed by atoms with E-state index in [0.29, 0.717) is 5.92 Å².